The lowest BCUT2D eigenvalue weighted by molar-refractivity contribution is -0.134. The summed E-state index contributed by atoms with van der Waals surface area (Å²) in [6.45, 7) is 8.37. The lowest BCUT2D eigenvalue weighted by Gasteiger charge is -2.27. The van der Waals surface area contributed by atoms with E-state index in [-0.39, 0.29) is 24.4 Å². The first-order valence-electron chi connectivity index (χ1n) is 6.38. The number of halogens is 1. The van der Waals surface area contributed by atoms with Crippen molar-refractivity contribution in [1.82, 2.24) is 10.2 Å². The SMILES string of the molecule is CCCN(CCC)C(=O)CC1CNCCO1.Cl. The molecule has 4 nitrogen and oxygen atoms in total. The summed E-state index contributed by atoms with van der Waals surface area (Å²) in [5.74, 6) is 0.234. The quantitative estimate of drug-likeness (QED) is 0.789. The van der Waals surface area contributed by atoms with Crippen LogP contribution in [-0.2, 0) is 9.53 Å². The van der Waals surface area contributed by atoms with Crippen LogP contribution in [0, 0.1) is 0 Å². The summed E-state index contributed by atoms with van der Waals surface area (Å²) in [6, 6.07) is 0. The largest absolute Gasteiger partial charge is 0.375 e. The second-order valence-electron chi connectivity index (χ2n) is 4.28. The van der Waals surface area contributed by atoms with Crippen molar-refractivity contribution in [3.8, 4) is 0 Å². The molecular formula is C12H25ClN2O2. The van der Waals surface area contributed by atoms with Crippen LogP contribution in [0.2, 0.25) is 0 Å². The highest BCUT2D eigenvalue weighted by atomic mass is 35.5. The summed E-state index contributed by atoms with van der Waals surface area (Å²) in [5, 5.41) is 3.25. The number of amides is 1. The van der Waals surface area contributed by atoms with Crippen molar-refractivity contribution < 1.29 is 9.53 Å². The van der Waals surface area contributed by atoms with E-state index in [1.165, 1.54) is 0 Å². The minimum atomic E-state index is 0. The zero-order valence-corrected chi connectivity index (χ0v) is 11.7. The van der Waals surface area contributed by atoms with E-state index in [9.17, 15) is 4.79 Å². The minimum Gasteiger partial charge on any atom is -0.375 e. The molecule has 17 heavy (non-hydrogen) atoms. The van der Waals surface area contributed by atoms with Crippen molar-refractivity contribution in [3.63, 3.8) is 0 Å². The molecule has 0 bridgehead atoms. The number of nitrogens with zero attached hydrogens (tertiary/aromatic N) is 1. The molecule has 0 aromatic heterocycles. The first-order valence-corrected chi connectivity index (χ1v) is 6.38. The van der Waals surface area contributed by atoms with Crippen LogP contribution in [0.3, 0.4) is 0 Å². The standard InChI is InChI=1S/C12H24N2O2.ClH/c1-3-6-14(7-4-2)12(15)9-11-10-13-5-8-16-11;/h11,13H,3-10H2,1-2H3;1H. The van der Waals surface area contributed by atoms with Crippen LogP contribution in [0.1, 0.15) is 33.1 Å². The van der Waals surface area contributed by atoms with Crippen LogP contribution in [0.5, 0.6) is 0 Å². The fourth-order valence-electron chi connectivity index (χ4n) is 1.98. The molecule has 1 aliphatic heterocycles. The maximum atomic E-state index is 12.0. The van der Waals surface area contributed by atoms with Gasteiger partial charge in [0.25, 0.3) is 0 Å². The molecular weight excluding hydrogens is 240 g/mol. The third-order valence-corrected chi connectivity index (χ3v) is 2.75. The van der Waals surface area contributed by atoms with Gasteiger partial charge in [0.05, 0.1) is 19.1 Å². The van der Waals surface area contributed by atoms with E-state index in [0.29, 0.717) is 6.42 Å². The van der Waals surface area contributed by atoms with Gasteiger partial charge in [-0.1, -0.05) is 13.8 Å². The van der Waals surface area contributed by atoms with Gasteiger partial charge in [0.2, 0.25) is 5.91 Å². The average Bonchev–Trinajstić information content (AvgIpc) is 2.30. The number of morpholine rings is 1. The van der Waals surface area contributed by atoms with Gasteiger partial charge in [0.15, 0.2) is 0 Å². The maximum Gasteiger partial charge on any atom is 0.225 e. The van der Waals surface area contributed by atoms with E-state index in [4.69, 9.17) is 4.74 Å². The van der Waals surface area contributed by atoms with Gasteiger partial charge in [-0.15, -0.1) is 12.4 Å². The third kappa shape index (κ3) is 6.24. The predicted molar refractivity (Wildman–Crippen MR) is 71.6 cm³/mol. The van der Waals surface area contributed by atoms with Crippen LogP contribution < -0.4 is 5.32 Å². The van der Waals surface area contributed by atoms with Gasteiger partial charge >= 0.3 is 0 Å². The molecule has 0 saturated carbocycles. The zero-order valence-electron chi connectivity index (χ0n) is 10.9. The van der Waals surface area contributed by atoms with Crippen molar-refractivity contribution in [2.24, 2.45) is 0 Å². The lowest BCUT2D eigenvalue weighted by Crippen LogP contribution is -2.42. The summed E-state index contributed by atoms with van der Waals surface area (Å²) in [7, 11) is 0. The van der Waals surface area contributed by atoms with Gasteiger partial charge in [-0.25, -0.2) is 0 Å². The summed E-state index contributed by atoms with van der Waals surface area (Å²) in [4.78, 5) is 14.0. The summed E-state index contributed by atoms with van der Waals surface area (Å²) in [6.07, 6.45) is 2.63. The topological polar surface area (TPSA) is 41.6 Å². The molecule has 1 fully saturated rings. The van der Waals surface area contributed by atoms with Crippen LogP contribution >= 0.6 is 12.4 Å². The van der Waals surface area contributed by atoms with Gasteiger partial charge in [-0.05, 0) is 12.8 Å². The fourth-order valence-corrected chi connectivity index (χ4v) is 1.98. The monoisotopic (exact) mass is 264 g/mol. The van der Waals surface area contributed by atoms with Gasteiger partial charge in [0.1, 0.15) is 0 Å². The molecule has 102 valence electrons. The highest BCUT2D eigenvalue weighted by Crippen LogP contribution is 2.06. The number of hydrogen-bond acceptors (Lipinski definition) is 3. The molecule has 0 aliphatic carbocycles. The molecule has 1 heterocycles. The molecule has 5 heteroatoms. The van der Waals surface area contributed by atoms with E-state index in [1.54, 1.807) is 0 Å². The van der Waals surface area contributed by atoms with Crippen molar-refractivity contribution in [1.29, 1.82) is 0 Å². The van der Waals surface area contributed by atoms with Crippen molar-refractivity contribution in [2.75, 3.05) is 32.8 Å². The molecule has 1 atom stereocenters. The van der Waals surface area contributed by atoms with E-state index < -0.39 is 0 Å². The van der Waals surface area contributed by atoms with Crippen LogP contribution in [0.4, 0.5) is 0 Å². The van der Waals surface area contributed by atoms with Gasteiger partial charge in [-0.2, -0.15) is 0 Å². The molecule has 1 N–H and O–H groups in total. The number of hydrogen-bond donors (Lipinski definition) is 1. The Hall–Kier alpha value is -0.320. The van der Waals surface area contributed by atoms with Crippen molar-refractivity contribution in [3.05, 3.63) is 0 Å². The average molecular weight is 265 g/mol. The Labute approximate surface area is 110 Å². The van der Waals surface area contributed by atoms with Crippen LogP contribution in [0.15, 0.2) is 0 Å². The number of carbonyl (C=O) groups is 1. The van der Waals surface area contributed by atoms with E-state index >= 15 is 0 Å². The fraction of sp³-hybridized carbons (Fsp3) is 0.917. The van der Waals surface area contributed by atoms with Gasteiger partial charge < -0.3 is 15.0 Å². The van der Waals surface area contributed by atoms with E-state index in [1.807, 2.05) is 4.90 Å². The predicted octanol–water partition coefficient (Wildman–Crippen LogP) is 1.44. The Morgan fingerprint density at radius 1 is 1.35 bits per heavy atom. The van der Waals surface area contributed by atoms with Gasteiger partial charge in [-0.3, -0.25) is 4.79 Å². The molecule has 1 saturated heterocycles. The Bertz CT molecular complexity index is 203. The lowest BCUT2D eigenvalue weighted by atomic mass is 10.2. The second-order valence-corrected chi connectivity index (χ2v) is 4.28. The molecule has 1 aliphatic rings. The Morgan fingerprint density at radius 3 is 2.47 bits per heavy atom. The molecule has 1 amide bonds. The molecule has 1 unspecified atom stereocenters. The highest BCUT2D eigenvalue weighted by molar-refractivity contribution is 5.85. The molecule has 1 rings (SSSR count). The van der Waals surface area contributed by atoms with Gasteiger partial charge in [0, 0.05) is 26.2 Å². The second kappa shape index (κ2) is 9.68. The maximum absolute atomic E-state index is 12.0. The number of carbonyl (C=O) groups excluding carboxylic acids is 1. The third-order valence-electron chi connectivity index (χ3n) is 2.75. The highest BCUT2D eigenvalue weighted by Gasteiger charge is 2.20. The number of ether oxygens (including phenoxy) is 1. The molecule has 0 radical (unpaired) electrons. The Balaban J connectivity index is 0.00000256. The Kier molecular flexibility index (Phi) is 9.50. The Morgan fingerprint density at radius 2 is 2.00 bits per heavy atom. The van der Waals surface area contributed by atoms with Crippen molar-refractivity contribution in [2.45, 2.75) is 39.2 Å². The zero-order chi connectivity index (χ0) is 11.8. The first kappa shape index (κ1) is 16.7. The number of nitrogens with one attached hydrogen (secondary N) is 1. The van der Waals surface area contributed by atoms with E-state index in [0.717, 1.165) is 45.6 Å². The molecule has 0 aromatic carbocycles. The normalized spacial score (nSPS) is 19.5. The molecule has 0 spiro atoms. The van der Waals surface area contributed by atoms with Crippen molar-refractivity contribution >= 4 is 18.3 Å². The summed E-state index contributed by atoms with van der Waals surface area (Å²) < 4.78 is 5.55. The first-order chi connectivity index (χ1) is 7.77. The summed E-state index contributed by atoms with van der Waals surface area (Å²) in [5.41, 5.74) is 0. The smallest absolute Gasteiger partial charge is 0.225 e. The van der Waals surface area contributed by atoms with E-state index in [2.05, 4.69) is 19.2 Å². The summed E-state index contributed by atoms with van der Waals surface area (Å²) >= 11 is 0. The number of rotatable bonds is 6. The molecule has 0 aromatic rings. The van der Waals surface area contributed by atoms with Crippen LogP contribution in [-0.4, -0.2) is 49.7 Å². The minimum absolute atomic E-state index is 0. The van der Waals surface area contributed by atoms with Crippen LogP contribution in [0.25, 0.3) is 0 Å².